The number of carboxylic acid groups (broad SMARTS) is 1. The van der Waals surface area contributed by atoms with Crippen LogP contribution in [0.25, 0.3) is 0 Å². The lowest BCUT2D eigenvalue weighted by molar-refractivity contribution is -0.119. The van der Waals surface area contributed by atoms with Crippen molar-refractivity contribution in [3.63, 3.8) is 0 Å². The van der Waals surface area contributed by atoms with E-state index in [2.05, 4.69) is 0 Å². The topological polar surface area (TPSA) is 118 Å². The van der Waals surface area contributed by atoms with Crippen molar-refractivity contribution in [1.82, 2.24) is 0 Å². The highest BCUT2D eigenvalue weighted by Crippen LogP contribution is 2.38. The predicted octanol–water partition coefficient (Wildman–Crippen LogP) is 1.23. The Morgan fingerprint density at radius 2 is 2.04 bits per heavy atom. The van der Waals surface area contributed by atoms with Crippen LogP contribution in [-0.4, -0.2) is 49.4 Å². The zero-order chi connectivity index (χ0) is 19.6. The lowest BCUT2D eigenvalue weighted by Crippen LogP contribution is -2.36. The van der Waals surface area contributed by atoms with Gasteiger partial charge in [-0.15, -0.1) is 0 Å². The van der Waals surface area contributed by atoms with Crippen LogP contribution in [-0.2, 0) is 21.1 Å². The average molecular weight is 390 g/mol. The van der Waals surface area contributed by atoms with Crippen molar-refractivity contribution < 1.29 is 41.6 Å². The summed E-state index contributed by atoms with van der Waals surface area (Å²) in [4.78, 5) is 23.1. The fourth-order valence-electron chi connectivity index (χ4n) is 2.84. The highest BCUT2D eigenvalue weighted by atomic mass is 32.2. The third-order valence-electron chi connectivity index (χ3n) is 4.05. The molecule has 1 aliphatic heterocycles. The van der Waals surface area contributed by atoms with Crippen LogP contribution in [0.1, 0.15) is 35.2 Å². The van der Waals surface area contributed by atoms with E-state index in [-0.39, 0.29) is 42.8 Å². The Hall–Kier alpha value is -2.01. The lowest BCUT2D eigenvalue weighted by atomic mass is 9.64. The van der Waals surface area contributed by atoms with E-state index in [0.717, 1.165) is 12.3 Å². The maximum atomic E-state index is 13.7. The number of benzene rings is 1. The molecule has 0 saturated carbocycles. The fraction of sp³-hybridized carbons (Fsp3) is 0.467. The van der Waals surface area contributed by atoms with Gasteiger partial charge in [-0.05, 0) is 24.5 Å². The van der Waals surface area contributed by atoms with Crippen molar-refractivity contribution in [3.8, 4) is 5.75 Å². The summed E-state index contributed by atoms with van der Waals surface area (Å²) < 4.78 is 54.5. The molecule has 2 rings (SSSR count). The van der Waals surface area contributed by atoms with Crippen molar-refractivity contribution in [2.45, 2.75) is 31.5 Å². The molecule has 0 fully saturated rings. The van der Waals surface area contributed by atoms with Crippen molar-refractivity contribution in [2.24, 2.45) is 0 Å². The van der Waals surface area contributed by atoms with E-state index < -0.39 is 51.7 Å². The van der Waals surface area contributed by atoms with Crippen molar-refractivity contribution >= 4 is 28.7 Å². The Kier molecular flexibility index (Phi) is 6.02. The standard InChI is InChI=1S/C15H17BF2O7S/c1-26(23,24)4-2-3-10(19)7-9-5-8-6-11(17)13(18)12(15(20)21)14(8)25-16(9)22/h6,9,22H,2-5,7H2,1H3,(H,20,21)/t9-/m1/s1. The summed E-state index contributed by atoms with van der Waals surface area (Å²) in [5, 5.41) is 19.0. The Labute approximate surface area is 149 Å². The van der Waals surface area contributed by atoms with E-state index in [1.54, 1.807) is 0 Å². The number of carbonyl (C=O) groups excluding carboxylic acids is 1. The number of hydrogen-bond donors (Lipinski definition) is 2. The fourth-order valence-corrected chi connectivity index (χ4v) is 3.51. The van der Waals surface area contributed by atoms with Gasteiger partial charge in [0.25, 0.3) is 0 Å². The molecule has 0 radical (unpaired) electrons. The first kappa shape index (κ1) is 20.3. The molecule has 0 spiro atoms. The molecule has 0 saturated heterocycles. The number of aromatic carboxylic acids is 1. The number of Topliss-reactive ketones (excluding diaryl/α,β-unsaturated/α-hetero) is 1. The first-order valence-electron chi connectivity index (χ1n) is 7.78. The molecule has 26 heavy (non-hydrogen) atoms. The molecule has 1 aromatic carbocycles. The summed E-state index contributed by atoms with van der Waals surface area (Å²) in [6, 6.07) is 0.782. The van der Waals surface area contributed by atoms with Crippen LogP contribution in [0.5, 0.6) is 5.75 Å². The van der Waals surface area contributed by atoms with Gasteiger partial charge in [0.15, 0.2) is 11.6 Å². The highest BCUT2D eigenvalue weighted by Gasteiger charge is 2.39. The molecule has 0 bridgehead atoms. The van der Waals surface area contributed by atoms with Gasteiger partial charge in [0.05, 0.1) is 5.75 Å². The van der Waals surface area contributed by atoms with Crippen LogP contribution in [0.3, 0.4) is 0 Å². The van der Waals surface area contributed by atoms with Crippen LogP contribution in [0, 0.1) is 11.6 Å². The summed E-state index contributed by atoms with van der Waals surface area (Å²) in [5.74, 6) is -6.37. The minimum Gasteiger partial charge on any atom is -0.535 e. The first-order chi connectivity index (χ1) is 12.0. The number of carboxylic acids is 1. The largest absolute Gasteiger partial charge is 0.535 e. The molecule has 7 nitrogen and oxygen atoms in total. The summed E-state index contributed by atoms with van der Waals surface area (Å²) in [6.07, 6.45) is 0.945. The molecule has 1 aromatic rings. The first-order valence-corrected chi connectivity index (χ1v) is 9.84. The lowest BCUT2D eigenvalue weighted by Gasteiger charge is -2.28. The van der Waals surface area contributed by atoms with Crippen LogP contribution in [0.4, 0.5) is 8.78 Å². The number of sulfone groups is 1. The number of rotatable bonds is 7. The quantitative estimate of drug-likeness (QED) is 0.673. The minimum atomic E-state index is -3.18. The molecule has 1 heterocycles. The summed E-state index contributed by atoms with van der Waals surface area (Å²) >= 11 is 0. The van der Waals surface area contributed by atoms with Crippen LogP contribution in [0.15, 0.2) is 6.07 Å². The predicted molar refractivity (Wildman–Crippen MR) is 87.9 cm³/mol. The SMILES string of the molecule is CS(=O)(=O)CCCC(=O)C[C@H]1Cc2cc(F)c(F)c(C(=O)O)c2OB1O. The maximum Gasteiger partial charge on any atom is 0.526 e. The smallest absolute Gasteiger partial charge is 0.526 e. The molecule has 1 aliphatic rings. The van der Waals surface area contributed by atoms with E-state index in [4.69, 9.17) is 9.76 Å². The van der Waals surface area contributed by atoms with Gasteiger partial charge in [0, 0.05) is 24.9 Å². The Balaban J connectivity index is 2.12. The van der Waals surface area contributed by atoms with Crippen LogP contribution >= 0.6 is 0 Å². The van der Waals surface area contributed by atoms with E-state index >= 15 is 0 Å². The molecular weight excluding hydrogens is 373 g/mol. The molecular formula is C15H17BF2O7S. The molecule has 142 valence electrons. The molecule has 0 unspecified atom stereocenters. The highest BCUT2D eigenvalue weighted by molar-refractivity contribution is 7.90. The number of ketones is 1. The Morgan fingerprint density at radius 1 is 1.38 bits per heavy atom. The Morgan fingerprint density at radius 3 is 2.62 bits per heavy atom. The molecule has 0 aliphatic carbocycles. The van der Waals surface area contributed by atoms with E-state index in [1.807, 2.05) is 0 Å². The van der Waals surface area contributed by atoms with Crippen LogP contribution in [0.2, 0.25) is 5.82 Å². The van der Waals surface area contributed by atoms with Gasteiger partial charge in [-0.25, -0.2) is 22.0 Å². The van der Waals surface area contributed by atoms with E-state index in [9.17, 15) is 31.8 Å². The second-order valence-electron chi connectivity index (χ2n) is 6.29. The van der Waals surface area contributed by atoms with Gasteiger partial charge in [0.2, 0.25) is 0 Å². The zero-order valence-electron chi connectivity index (χ0n) is 13.9. The molecule has 11 heteroatoms. The Bertz CT molecular complexity index is 841. The monoisotopic (exact) mass is 390 g/mol. The minimum absolute atomic E-state index is 0.0126. The molecule has 1 atom stereocenters. The third-order valence-corrected chi connectivity index (χ3v) is 5.08. The van der Waals surface area contributed by atoms with Gasteiger partial charge in [-0.2, -0.15) is 0 Å². The van der Waals surface area contributed by atoms with E-state index in [0.29, 0.717) is 0 Å². The number of fused-ring (bicyclic) bond motifs is 1. The second-order valence-corrected chi connectivity index (χ2v) is 8.55. The van der Waals surface area contributed by atoms with Crippen molar-refractivity contribution in [1.29, 1.82) is 0 Å². The molecule has 2 N–H and O–H groups in total. The normalized spacial score (nSPS) is 16.8. The average Bonchev–Trinajstić information content (AvgIpc) is 2.48. The van der Waals surface area contributed by atoms with Gasteiger partial charge < -0.3 is 14.8 Å². The van der Waals surface area contributed by atoms with Gasteiger partial charge in [-0.3, -0.25) is 4.79 Å². The van der Waals surface area contributed by atoms with Gasteiger partial charge in [0.1, 0.15) is 26.9 Å². The number of hydrogen-bond acceptors (Lipinski definition) is 6. The zero-order valence-corrected chi connectivity index (χ0v) is 14.7. The van der Waals surface area contributed by atoms with Crippen molar-refractivity contribution in [2.75, 3.05) is 12.0 Å². The summed E-state index contributed by atoms with van der Waals surface area (Å²) in [5.41, 5.74) is -0.961. The third kappa shape index (κ3) is 4.79. The van der Waals surface area contributed by atoms with Gasteiger partial charge >= 0.3 is 13.1 Å². The van der Waals surface area contributed by atoms with E-state index in [1.165, 1.54) is 0 Å². The van der Waals surface area contributed by atoms with Crippen LogP contribution < -0.4 is 4.65 Å². The molecule has 0 amide bonds. The number of halogens is 2. The molecule has 0 aromatic heterocycles. The summed E-state index contributed by atoms with van der Waals surface area (Å²) in [7, 11) is -4.75. The number of carbonyl (C=O) groups is 2. The van der Waals surface area contributed by atoms with Gasteiger partial charge in [-0.1, -0.05) is 0 Å². The van der Waals surface area contributed by atoms with Crippen molar-refractivity contribution in [3.05, 3.63) is 28.8 Å². The maximum absolute atomic E-state index is 13.7. The second kappa shape index (κ2) is 7.71. The summed E-state index contributed by atoms with van der Waals surface area (Å²) in [6.45, 7) is 0.